The molecule has 0 radical (unpaired) electrons. The first kappa shape index (κ1) is 16.4. The van der Waals surface area contributed by atoms with Gasteiger partial charge in [-0.2, -0.15) is 5.10 Å². The monoisotopic (exact) mass is 343 g/mol. The minimum Gasteiger partial charge on any atom is -0.267 e. The van der Waals surface area contributed by atoms with Crippen LogP contribution in [-0.4, -0.2) is 18.6 Å². The minimum absolute atomic E-state index is 0.00694. The lowest BCUT2D eigenvalue weighted by atomic mass is 10.1. The molecule has 7 heteroatoms. The van der Waals surface area contributed by atoms with Gasteiger partial charge in [0.15, 0.2) is 0 Å². The van der Waals surface area contributed by atoms with Gasteiger partial charge in [0.05, 0.1) is 22.5 Å². The number of benzene rings is 2. The average Bonchev–Trinajstić information content (AvgIpc) is 2.57. The largest absolute Gasteiger partial charge is 0.272 e. The minimum atomic E-state index is -3.67. The quantitative estimate of drug-likeness (QED) is 0.758. The van der Waals surface area contributed by atoms with Gasteiger partial charge in [-0.05, 0) is 37.1 Å². The Morgan fingerprint density at radius 2 is 1.79 bits per heavy atom. The highest BCUT2D eigenvalue weighted by Crippen LogP contribution is 2.18. The maximum Gasteiger partial charge on any atom is 0.272 e. The number of aryl methyl sites for hydroxylation is 2. The van der Waals surface area contributed by atoms with Gasteiger partial charge < -0.3 is 0 Å². The summed E-state index contributed by atoms with van der Waals surface area (Å²) in [7, 11) is -3.67. The summed E-state index contributed by atoms with van der Waals surface area (Å²) in [4.78, 5) is 12.0. The molecule has 2 N–H and O–H groups in total. The van der Waals surface area contributed by atoms with Crippen molar-refractivity contribution < 1.29 is 8.42 Å². The van der Waals surface area contributed by atoms with Crippen LogP contribution in [0.15, 0.2) is 52.2 Å². The number of fused-ring (bicyclic) bond motifs is 1. The summed E-state index contributed by atoms with van der Waals surface area (Å²) in [5.41, 5.74) is 1.71. The van der Waals surface area contributed by atoms with Crippen LogP contribution in [0.3, 0.4) is 0 Å². The third kappa shape index (κ3) is 3.08. The lowest BCUT2D eigenvalue weighted by molar-refractivity contribution is 0.579. The predicted octanol–water partition coefficient (Wildman–Crippen LogP) is 2.02. The topological polar surface area (TPSA) is 91.9 Å². The maximum absolute atomic E-state index is 12.6. The summed E-state index contributed by atoms with van der Waals surface area (Å²) in [6.45, 7) is 3.59. The predicted molar refractivity (Wildman–Crippen MR) is 92.3 cm³/mol. The van der Waals surface area contributed by atoms with E-state index >= 15 is 0 Å². The molecule has 0 unspecified atom stereocenters. The Morgan fingerprint density at radius 3 is 2.54 bits per heavy atom. The summed E-state index contributed by atoms with van der Waals surface area (Å²) < 4.78 is 27.7. The number of aromatic nitrogens is 2. The van der Waals surface area contributed by atoms with Crippen LogP contribution in [0.1, 0.15) is 16.8 Å². The fourth-order valence-electron chi connectivity index (χ4n) is 2.54. The molecule has 0 saturated heterocycles. The highest BCUT2D eigenvalue weighted by Gasteiger charge is 2.18. The zero-order chi connectivity index (χ0) is 17.3. The molecular formula is C17H17N3O3S. The van der Waals surface area contributed by atoms with E-state index in [1.807, 2.05) is 13.0 Å². The van der Waals surface area contributed by atoms with Gasteiger partial charge in [-0.25, -0.2) is 18.2 Å². The molecule has 0 bridgehead atoms. The van der Waals surface area contributed by atoms with Crippen molar-refractivity contribution in [2.75, 3.05) is 0 Å². The summed E-state index contributed by atoms with van der Waals surface area (Å²) >= 11 is 0. The van der Waals surface area contributed by atoms with E-state index in [4.69, 9.17) is 0 Å². The Kier molecular flexibility index (Phi) is 4.21. The Morgan fingerprint density at radius 1 is 1.08 bits per heavy atom. The van der Waals surface area contributed by atoms with Crippen molar-refractivity contribution in [1.82, 2.24) is 14.9 Å². The lowest BCUT2D eigenvalue weighted by Gasteiger charge is -2.10. The second-order valence-electron chi connectivity index (χ2n) is 5.64. The molecule has 24 heavy (non-hydrogen) atoms. The molecule has 0 atom stereocenters. The molecule has 1 aromatic heterocycles. The van der Waals surface area contributed by atoms with Crippen molar-refractivity contribution in [1.29, 1.82) is 0 Å². The Labute approximate surface area is 139 Å². The summed E-state index contributed by atoms with van der Waals surface area (Å²) in [6, 6.07) is 12.2. The molecule has 3 aromatic rings. The third-order valence-electron chi connectivity index (χ3n) is 3.84. The van der Waals surface area contributed by atoms with E-state index in [1.165, 1.54) is 0 Å². The first-order valence-electron chi connectivity index (χ1n) is 7.42. The number of nitrogens with one attached hydrogen (secondary N) is 2. The molecule has 0 saturated carbocycles. The number of rotatable bonds is 4. The smallest absolute Gasteiger partial charge is 0.267 e. The number of nitrogens with zero attached hydrogens (tertiary/aromatic N) is 1. The fourth-order valence-corrected chi connectivity index (χ4v) is 3.86. The lowest BCUT2D eigenvalue weighted by Crippen LogP contribution is -2.25. The fraction of sp³-hybridized carbons (Fsp3) is 0.176. The Bertz CT molecular complexity index is 1070. The number of sulfonamides is 1. The number of H-pyrrole nitrogens is 1. The van der Waals surface area contributed by atoms with Gasteiger partial charge in [-0.3, -0.25) is 4.79 Å². The summed E-state index contributed by atoms with van der Waals surface area (Å²) in [6.07, 6.45) is 0. The van der Waals surface area contributed by atoms with E-state index in [0.29, 0.717) is 22.0 Å². The van der Waals surface area contributed by atoms with Gasteiger partial charge in [-0.1, -0.05) is 30.3 Å². The molecule has 3 rings (SSSR count). The van der Waals surface area contributed by atoms with Gasteiger partial charge in [0, 0.05) is 5.39 Å². The average molecular weight is 343 g/mol. The van der Waals surface area contributed by atoms with Gasteiger partial charge in [-0.15, -0.1) is 0 Å². The molecule has 0 aliphatic rings. The zero-order valence-corrected chi connectivity index (χ0v) is 14.1. The van der Waals surface area contributed by atoms with Crippen molar-refractivity contribution in [3.63, 3.8) is 0 Å². The molecule has 1 heterocycles. The van der Waals surface area contributed by atoms with Crippen molar-refractivity contribution in [2.24, 2.45) is 0 Å². The number of hydrogen-bond donors (Lipinski definition) is 2. The van der Waals surface area contributed by atoms with Crippen LogP contribution in [0, 0.1) is 13.8 Å². The second-order valence-corrected chi connectivity index (χ2v) is 7.37. The molecule has 0 aliphatic heterocycles. The van der Waals surface area contributed by atoms with E-state index < -0.39 is 10.0 Å². The van der Waals surface area contributed by atoms with Crippen molar-refractivity contribution in [2.45, 2.75) is 25.3 Å². The highest BCUT2D eigenvalue weighted by atomic mass is 32.2. The van der Waals surface area contributed by atoms with E-state index in [2.05, 4.69) is 14.9 Å². The SMILES string of the molecule is Cc1ccc(C)c(S(=O)(=O)NCc2n[nH]c(=O)c3ccccc23)c1. The molecule has 2 aromatic carbocycles. The van der Waals surface area contributed by atoms with Gasteiger partial charge in [0.25, 0.3) is 5.56 Å². The standard InChI is InChI=1S/C17H17N3O3S/c1-11-7-8-12(2)16(9-11)24(22,23)18-10-15-13-5-3-4-6-14(13)17(21)20-19-15/h3-9,18H,10H2,1-2H3,(H,20,21). The van der Waals surface area contributed by atoms with E-state index in [1.54, 1.807) is 43.3 Å². The third-order valence-corrected chi connectivity index (χ3v) is 5.38. The molecule has 0 spiro atoms. The summed E-state index contributed by atoms with van der Waals surface area (Å²) in [5.74, 6) is 0. The highest BCUT2D eigenvalue weighted by molar-refractivity contribution is 7.89. The van der Waals surface area contributed by atoms with Crippen LogP contribution in [0.5, 0.6) is 0 Å². The van der Waals surface area contributed by atoms with Crippen LogP contribution in [0.4, 0.5) is 0 Å². The first-order chi connectivity index (χ1) is 11.4. The van der Waals surface area contributed by atoms with Gasteiger partial charge >= 0.3 is 0 Å². The van der Waals surface area contributed by atoms with Crippen molar-refractivity contribution >= 4 is 20.8 Å². The maximum atomic E-state index is 12.6. The summed E-state index contributed by atoms with van der Waals surface area (Å²) in [5, 5.41) is 7.49. The van der Waals surface area contributed by atoms with E-state index in [9.17, 15) is 13.2 Å². The van der Waals surface area contributed by atoms with E-state index in [0.717, 1.165) is 5.56 Å². The molecule has 0 aliphatic carbocycles. The van der Waals surface area contributed by atoms with E-state index in [-0.39, 0.29) is 17.0 Å². The second kappa shape index (κ2) is 6.18. The van der Waals surface area contributed by atoms with Gasteiger partial charge in [0.1, 0.15) is 0 Å². The molecule has 6 nitrogen and oxygen atoms in total. The molecular weight excluding hydrogens is 326 g/mol. The Hall–Kier alpha value is -2.51. The number of aromatic amines is 1. The normalized spacial score (nSPS) is 11.8. The van der Waals surface area contributed by atoms with Crippen LogP contribution >= 0.6 is 0 Å². The van der Waals surface area contributed by atoms with Crippen LogP contribution < -0.4 is 10.3 Å². The van der Waals surface area contributed by atoms with Crippen LogP contribution in [0.25, 0.3) is 10.8 Å². The molecule has 124 valence electrons. The first-order valence-corrected chi connectivity index (χ1v) is 8.90. The molecule has 0 amide bonds. The molecule has 0 fully saturated rings. The van der Waals surface area contributed by atoms with Crippen LogP contribution in [0.2, 0.25) is 0 Å². The van der Waals surface area contributed by atoms with Gasteiger partial charge in [0.2, 0.25) is 10.0 Å². The van der Waals surface area contributed by atoms with Crippen molar-refractivity contribution in [3.8, 4) is 0 Å². The Balaban J connectivity index is 1.95. The zero-order valence-electron chi connectivity index (χ0n) is 13.3. The number of hydrogen-bond acceptors (Lipinski definition) is 4. The van der Waals surface area contributed by atoms with Crippen molar-refractivity contribution in [3.05, 3.63) is 69.6 Å². The van der Waals surface area contributed by atoms with Crippen LogP contribution in [-0.2, 0) is 16.6 Å².